The molecule has 0 aromatic carbocycles. The summed E-state index contributed by atoms with van der Waals surface area (Å²) in [7, 11) is 0. The van der Waals surface area contributed by atoms with Crippen molar-refractivity contribution in [2.75, 3.05) is 6.61 Å². The number of hydrogen-bond donors (Lipinski definition) is 0. The molecule has 0 saturated carbocycles. The van der Waals surface area contributed by atoms with Crippen LogP contribution >= 0.6 is 0 Å². The maximum absolute atomic E-state index is 11.8. The van der Waals surface area contributed by atoms with E-state index in [0.717, 1.165) is 19.3 Å². The van der Waals surface area contributed by atoms with Gasteiger partial charge in [-0.25, -0.2) is 0 Å². The van der Waals surface area contributed by atoms with Crippen molar-refractivity contribution >= 4 is 11.9 Å². The summed E-state index contributed by atoms with van der Waals surface area (Å²) in [5.74, 6) is -0.613. The molecule has 1 unspecified atom stereocenters. The lowest BCUT2D eigenvalue weighted by Gasteiger charge is -2.23. The van der Waals surface area contributed by atoms with Crippen molar-refractivity contribution in [2.45, 2.75) is 137 Å². The van der Waals surface area contributed by atoms with Gasteiger partial charge in [0.2, 0.25) is 0 Å². The topological polar surface area (TPSA) is 52.6 Å². The molecule has 0 aromatic heterocycles. The average Bonchev–Trinajstić information content (AvgIpc) is 2.62. The van der Waals surface area contributed by atoms with E-state index in [1.54, 1.807) is 0 Å². The molecule has 29 heavy (non-hydrogen) atoms. The van der Waals surface area contributed by atoms with E-state index in [-0.39, 0.29) is 36.3 Å². The summed E-state index contributed by atoms with van der Waals surface area (Å²) in [5.41, 5.74) is 0.118. The molecule has 4 nitrogen and oxygen atoms in total. The second-order valence-electron chi connectivity index (χ2n) is 9.67. The van der Waals surface area contributed by atoms with Gasteiger partial charge in [0.05, 0.1) is 25.6 Å². The Hall–Kier alpha value is -1.06. The van der Waals surface area contributed by atoms with Gasteiger partial charge in [-0.2, -0.15) is 0 Å². The zero-order valence-electron chi connectivity index (χ0n) is 20.0. The molecule has 0 aliphatic rings. The van der Waals surface area contributed by atoms with E-state index < -0.39 is 0 Å². The maximum Gasteiger partial charge on any atom is 0.306 e. The van der Waals surface area contributed by atoms with Crippen molar-refractivity contribution < 1.29 is 19.1 Å². The van der Waals surface area contributed by atoms with Gasteiger partial charge in [0, 0.05) is 0 Å². The number of carbonyl (C=O) groups excluding carboxylic acids is 2. The number of hydrogen-bond acceptors (Lipinski definition) is 4. The number of esters is 2. The average molecular weight is 413 g/mol. The molecule has 1 atom stereocenters. The van der Waals surface area contributed by atoms with Crippen LogP contribution in [0.2, 0.25) is 0 Å². The standard InChI is InChI=1S/C25H48O4/c1-6-7-8-9-10-11-12-13-14-15-16-17-20-28-23(26)18-19-24(27)29-22(2)21-25(3,4)5/h22H,6-21H2,1-5H3. The summed E-state index contributed by atoms with van der Waals surface area (Å²) in [6.45, 7) is 11.0. The fourth-order valence-electron chi connectivity index (χ4n) is 3.59. The molecule has 0 rings (SSSR count). The van der Waals surface area contributed by atoms with E-state index in [1.807, 2.05) is 6.92 Å². The van der Waals surface area contributed by atoms with Crippen LogP contribution in [0.3, 0.4) is 0 Å². The van der Waals surface area contributed by atoms with Gasteiger partial charge >= 0.3 is 11.9 Å². The summed E-state index contributed by atoms with van der Waals surface area (Å²) in [4.78, 5) is 23.5. The smallest absolute Gasteiger partial charge is 0.306 e. The molecular formula is C25H48O4. The highest BCUT2D eigenvalue weighted by Gasteiger charge is 2.19. The van der Waals surface area contributed by atoms with E-state index in [1.165, 1.54) is 64.2 Å². The van der Waals surface area contributed by atoms with Crippen LogP contribution in [0.25, 0.3) is 0 Å². The van der Waals surface area contributed by atoms with Gasteiger partial charge in [-0.15, -0.1) is 0 Å². The Morgan fingerprint density at radius 3 is 1.66 bits per heavy atom. The van der Waals surface area contributed by atoms with Crippen LogP contribution < -0.4 is 0 Å². The van der Waals surface area contributed by atoms with Gasteiger partial charge in [-0.3, -0.25) is 9.59 Å². The van der Waals surface area contributed by atoms with Crippen molar-refractivity contribution in [2.24, 2.45) is 5.41 Å². The van der Waals surface area contributed by atoms with Gasteiger partial charge < -0.3 is 9.47 Å². The predicted molar refractivity (Wildman–Crippen MR) is 121 cm³/mol. The van der Waals surface area contributed by atoms with Gasteiger partial charge in [-0.05, 0) is 25.2 Å². The Morgan fingerprint density at radius 1 is 0.724 bits per heavy atom. The maximum atomic E-state index is 11.8. The zero-order chi connectivity index (χ0) is 22.0. The normalized spacial score (nSPS) is 12.6. The lowest BCUT2D eigenvalue weighted by molar-refractivity contribution is -0.154. The molecule has 0 fully saturated rings. The summed E-state index contributed by atoms with van der Waals surface area (Å²) in [6.07, 6.45) is 16.3. The van der Waals surface area contributed by atoms with E-state index in [2.05, 4.69) is 27.7 Å². The number of rotatable bonds is 18. The highest BCUT2D eigenvalue weighted by atomic mass is 16.5. The Kier molecular flexibility index (Phi) is 17.1. The first-order chi connectivity index (χ1) is 13.7. The van der Waals surface area contributed by atoms with Crippen LogP contribution in [0, 0.1) is 5.41 Å². The number of carbonyl (C=O) groups is 2. The van der Waals surface area contributed by atoms with Crippen LogP contribution in [0.5, 0.6) is 0 Å². The lowest BCUT2D eigenvalue weighted by Crippen LogP contribution is -2.21. The molecule has 4 heteroatoms. The van der Waals surface area contributed by atoms with Crippen LogP contribution in [0.1, 0.15) is 131 Å². The third-order valence-electron chi connectivity index (χ3n) is 5.03. The molecule has 0 heterocycles. The van der Waals surface area contributed by atoms with Crippen LogP contribution in [-0.2, 0) is 19.1 Å². The van der Waals surface area contributed by atoms with Gasteiger partial charge in [0.15, 0.2) is 0 Å². The first-order valence-electron chi connectivity index (χ1n) is 12.1. The van der Waals surface area contributed by atoms with Gasteiger partial charge in [0.1, 0.15) is 0 Å². The molecule has 172 valence electrons. The molecule has 0 bridgehead atoms. The fraction of sp³-hybridized carbons (Fsp3) is 0.920. The molecule has 0 amide bonds. The van der Waals surface area contributed by atoms with Crippen molar-refractivity contribution in [1.29, 1.82) is 0 Å². The minimum atomic E-state index is -0.316. The molecular weight excluding hydrogens is 364 g/mol. The Bertz CT molecular complexity index is 412. The molecule has 0 aliphatic heterocycles. The third kappa shape index (κ3) is 21.5. The highest BCUT2D eigenvalue weighted by molar-refractivity contribution is 5.77. The van der Waals surface area contributed by atoms with Crippen LogP contribution in [0.15, 0.2) is 0 Å². The number of unbranched alkanes of at least 4 members (excludes halogenated alkanes) is 11. The number of ether oxygens (including phenoxy) is 2. The van der Waals surface area contributed by atoms with Crippen LogP contribution in [0.4, 0.5) is 0 Å². The second-order valence-corrected chi connectivity index (χ2v) is 9.67. The second kappa shape index (κ2) is 17.8. The van der Waals surface area contributed by atoms with E-state index in [9.17, 15) is 9.59 Å². The van der Waals surface area contributed by atoms with Crippen molar-refractivity contribution in [3.63, 3.8) is 0 Å². The van der Waals surface area contributed by atoms with Gasteiger partial charge in [0.25, 0.3) is 0 Å². The summed E-state index contributed by atoms with van der Waals surface area (Å²) in [5, 5.41) is 0. The summed E-state index contributed by atoms with van der Waals surface area (Å²) >= 11 is 0. The Morgan fingerprint density at radius 2 is 1.17 bits per heavy atom. The molecule has 0 aromatic rings. The lowest BCUT2D eigenvalue weighted by atomic mass is 9.90. The monoisotopic (exact) mass is 412 g/mol. The van der Waals surface area contributed by atoms with Crippen molar-refractivity contribution in [3.8, 4) is 0 Å². The molecule has 0 N–H and O–H groups in total. The van der Waals surface area contributed by atoms with Crippen LogP contribution in [-0.4, -0.2) is 24.6 Å². The molecule has 0 spiro atoms. The minimum absolute atomic E-state index is 0.103. The van der Waals surface area contributed by atoms with E-state index >= 15 is 0 Å². The van der Waals surface area contributed by atoms with E-state index in [4.69, 9.17) is 9.47 Å². The highest BCUT2D eigenvalue weighted by Crippen LogP contribution is 2.22. The minimum Gasteiger partial charge on any atom is -0.466 e. The SMILES string of the molecule is CCCCCCCCCCCCCCOC(=O)CCC(=O)OC(C)CC(C)(C)C. The molecule has 0 saturated heterocycles. The third-order valence-corrected chi connectivity index (χ3v) is 5.03. The predicted octanol–water partition coefficient (Wildman–Crippen LogP) is 7.38. The first kappa shape index (κ1) is 27.9. The van der Waals surface area contributed by atoms with Crippen molar-refractivity contribution in [1.82, 2.24) is 0 Å². The van der Waals surface area contributed by atoms with Gasteiger partial charge in [-0.1, -0.05) is 98.3 Å². The van der Waals surface area contributed by atoms with Crippen molar-refractivity contribution in [3.05, 3.63) is 0 Å². The summed E-state index contributed by atoms with van der Waals surface area (Å²) < 4.78 is 10.6. The largest absolute Gasteiger partial charge is 0.466 e. The molecule has 0 radical (unpaired) electrons. The molecule has 0 aliphatic carbocycles. The zero-order valence-corrected chi connectivity index (χ0v) is 20.0. The Balaban J connectivity index is 3.44. The Labute approximate surface area is 180 Å². The fourth-order valence-corrected chi connectivity index (χ4v) is 3.59. The first-order valence-corrected chi connectivity index (χ1v) is 12.1. The van der Waals surface area contributed by atoms with E-state index in [0.29, 0.717) is 6.61 Å². The summed E-state index contributed by atoms with van der Waals surface area (Å²) in [6, 6.07) is 0. The quantitative estimate of drug-likeness (QED) is 0.174.